The topological polar surface area (TPSA) is 59.5 Å². The van der Waals surface area contributed by atoms with Crippen LogP contribution in [-0.4, -0.2) is 20.6 Å². The van der Waals surface area contributed by atoms with E-state index in [9.17, 15) is 4.79 Å². The summed E-state index contributed by atoms with van der Waals surface area (Å²) in [6, 6.07) is 12.7. The van der Waals surface area contributed by atoms with Gasteiger partial charge in [0.15, 0.2) is 0 Å². The van der Waals surface area contributed by atoms with E-state index < -0.39 is 0 Å². The fourth-order valence-corrected chi connectivity index (χ4v) is 4.07. The van der Waals surface area contributed by atoms with Crippen molar-refractivity contribution in [3.8, 4) is 11.1 Å². The number of benzene rings is 2. The quantitative estimate of drug-likeness (QED) is 0.298. The van der Waals surface area contributed by atoms with Crippen LogP contribution >= 0.6 is 23.2 Å². The maximum atomic E-state index is 13.0. The highest BCUT2D eigenvalue weighted by Gasteiger charge is 2.17. The fourth-order valence-electron chi connectivity index (χ4n) is 3.56. The maximum Gasteiger partial charge on any atom is 0.259 e. The molecule has 0 aliphatic carbocycles. The van der Waals surface area contributed by atoms with Crippen LogP contribution in [0.25, 0.3) is 33.1 Å². The zero-order valence-electron chi connectivity index (χ0n) is 14.6. The summed E-state index contributed by atoms with van der Waals surface area (Å²) < 4.78 is 3.59. The first-order valence-corrected chi connectivity index (χ1v) is 8.93. The van der Waals surface area contributed by atoms with E-state index in [0.29, 0.717) is 21.2 Å². The van der Waals surface area contributed by atoms with E-state index in [1.807, 2.05) is 35.9 Å². The van der Waals surface area contributed by atoms with Crippen molar-refractivity contribution in [2.75, 3.05) is 0 Å². The van der Waals surface area contributed by atoms with Gasteiger partial charge in [-0.15, -0.1) is 0 Å². The molecule has 136 valence electrons. The van der Waals surface area contributed by atoms with Gasteiger partial charge in [-0.05, 0) is 35.9 Å². The lowest BCUT2D eigenvalue weighted by atomic mass is 10.0. The summed E-state index contributed by atoms with van der Waals surface area (Å²) in [5.74, 6) is 0. The molecule has 0 amide bonds. The van der Waals surface area contributed by atoms with Gasteiger partial charge in [0.2, 0.25) is 0 Å². The van der Waals surface area contributed by atoms with Gasteiger partial charge in [-0.2, -0.15) is 0 Å². The number of halogens is 2. The molecule has 4 aromatic rings. The highest BCUT2D eigenvalue weighted by atomic mass is 35.5. The Bertz CT molecular complexity index is 1300. The van der Waals surface area contributed by atoms with Crippen molar-refractivity contribution in [1.82, 2.24) is 9.13 Å². The van der Waals surface area contributed by atoms with Gasteiger partial charge in [-0.3, -0.25) is 9.36 Å². The fraction of sp³-hybridized carbons (Fsp3) is 0.100. The monoisotopic (exact) mass is 399 g/mol. The number of oxime groups is 1. The summed E-state index contributed by atoms with van der Waals surface area (Å²) in [6.07, 6.45) is 1.37. The average Bonchev–Trinajstić information content (AvgIpc) is 2.91. The first kappa shape index (κ1) is 17.6. The molecular formula is C20H15Cl2N3O2. The van der Waals surface area contributed by atoms with Crippen molar-refractivity contribution >= 4 is 51.4 Å². The van der Waals surface area contributed by atoms with E-state index in [1.54, 1.807) is 29.8 Å². The van der Waals surface area contributed by atoms with Crippen molar-refractivity contribution in [2.45, 2.75) is 0 Å². The predicted molar refractivity (Wildman–Crippen MR) is 111 cm³/mol. The van der Waals surface area contributed by atoms with Gasteiger partial charge in [0.25, 0.3) is 5.56 Å². The van der Waals surface area contributed by atoms with Crippen LogP contribution in [0.15, 0.2) is 52.4 Å². The molecule has 0 radical (unpaired) electrons. The third-order valence-electron chi connectivity index (χ3n) is 4.80. The summed E-state index contributed by atoms with van der Waals surface area (Å²) >= 11 is 12.3. The summed E-state index contributed by atoms with van der Waals surface area (Å²) in [5, 5.41) is 14.7. The number of fused-ring (bicyclic) bond motifs is 3. The first-order valence-electron chi connectivity index (χ1n) is 8.17. The van der Waals surface area contributed by atoms with Gasteiger partial charge < -0.3 is 9.77 Å². The van der Waals surface area contributed by atoms with Gasteiger partial charge in [-0.25, -0.2) is 0 Å². The van der Waals surface area contributed by atoms with Crippen LogP contribution in [0.2, 0.25) is 10.0 Å². The highest BCUT2D eigenvalue weighted by molar-refractivity contribution is 6.36. The van der Waals surface area contributed by atoms with Crippen molar-refractivity contribution < 1.29 is 5.21 Å². The van der Waals surface area contributed by atoms with Gasteiger partial charge in [-0.1, -0.05) is 40.5 Å². The van der Waals surface area contributed by atoms with E-state index in [-0.39, 0.29) is 5.56 Å². The molecule has 7 heteroatoms. The van der Waals surface area contributed by atoms with E-state index >= 15 is 0 Å². The number of rotatable bonds is 2. The van der Waals surface area contributed by atoms with Gasteiger partial charge in [0, 0.05) is 41.0 Å². The molecule has 0 fully saturated rings. The Hall–Kier alpha value is -2.76. The van der Waals surface area contributed by atoms with Crippen molar-refractivity contribution in [1.29, 1.82) is 0 Å². The highest BCUT2D eigenvalue weighted by Crippen LogP contribution is 2.33. The zero-order chi connectivity index (χ0) is 19.3. The molecule has 0 saturated carbocycles. The molecule has 0 unspecified atom stereocenters. The third kappa shape index (κ3) is 2.71. The van der Waals surface area contributed by atoms with Crippen LogP contribution in [0, 0.1) is 0 Å². The standard InChI is InChI=1S/C20H15Cl2N3O2/c1-24-18-6-3-11(10-23-27)7-14(18)15-9-16(20(26)25(2)19(15)24)13-5-4-12(21)8-17(13)22/h3-10,27H,1-2H3/b23-10-. The molecule has 0 saturated heterocycles. The SMILES string of the molecule is Cn1c(=O)c(-c2ccc(Cl)cc2Cl)cc2c3cc(/C=N\O)ccc3n(C)c21. The smallest absolute Gasteiger partial charge is 0.259 e. The second kappa shape index (κ2) is 6.44. The van der Waals surface area contributed by atoms with Crippen molar-refractivity contribution in [3.63, 3.8) is 0 Å². The lowest BCUT2D eigenvalue weighted by Crippen LogP contribution is -2.20. The Labute approximate surface area is 164 Å². The van der Waals surface area contributed by atoms with Crippen LogP contribution < -0.4 is 5.56 Å². The number of aryl methyl sites for hydroxylation is 2. The van der Waals surface area contributed by atoms with E-state index in [0.717, 1.165) is 27.5 Å². The van der Waals surface area contributed by atoms with Gasteiger partial charge in [0.1, 0.15) is 5.65 Å². The van der Waals surface area contributed by atoms with Gasteiger partial charge >= 0.3 is 0 Å². The molecule has 27 heavy (non-hydrogen) atoms. The third-order valence-corrected chi connectivity index (χ3v) is 5.35. The Kier molecular flexibility index (Phi) is 4.21. The molecule has 5 nitrogen and oxygen atoms in total. The molecule has 2 aromatic heterocycles. The lowest BCUT2D eigenvalue weighted by Gasteiger charge is -2.09. The minimum absolute atomic E-state index is 0.144. The Morgan fingerprint density at radius 1 is 0.963 bits per heavy atom. The second-order valence-corrected chi connectivity index (χ2v) is 7.21. The second-order valence-electron chi connectivity index (χ2n) is 6.36. The minimum atomic E-state index is -0.144. The number of aromatic nitrogens is 2. The maximum absolute atomic E-state index is 13.0. The van der Waals surface area contributed by atoms with Crippen LogP contribution in [0.4, 0.5) is 0 Å². The van der Waals surface area contributed by atoms with Gasteiger partial charge in [0.05, 0.1) is 16.8 Å². The average molecular weight is 400 g/mol. The molecule has 4 rings (SSSR count). The Balaban J connectivity index is 2.14. The minimum Gasteiger partial charge on any atom is -0.411 e. The van der Waals surface area contributed by atoms with Crippen molar-refractivity contribution in [3.05, 3.63) is 68.4 Å². The number of hydrogen-bond donors (Lipinski definition) is 1. The predicted octanol–water partition coefficient (Wildman–Crippen LogP) is 4.81. The van der Waals surface area contributed by atoms with Crippen molar-refractivity contribution in [2.24, 2.45) is 19.3 Å². The summed E-state index contributed by atoms with van der Waals surface area (Å²) in [5.41, 5.74) is 3.51. The van der Waals surface area contributed by atoms with E-state index in [1.165, 1.54) is 6.21 Å². The molecule has 0 aliphatic rings. The molecule has 0 atom stereocenters. The Morgan fingerprint density at radius 2 is 1.74 bits per heavy atom. The summed E-state index contributed by atoms with van der Waals surface area (Å²) in [4.78, 5) is 13.0. The number of nitrogens with zero attached hydrogens (tertiary/aromatic N) is 3. The molecule has 0 aliphatic heterocycles. The number of hydrogen-bond acceptors (Lipinski definition) is 3. The van der Waals surface area contributed by atoms with Crippen LogP contribution in [0.5, 0.6) is 0 Å². The summed E-state index contributed by atoms with van der Waals surface area (Å²) in [7, 11) is 3.66. The Morgan fingerprint density at radius 3 is 2.44 bits per heavy atom. The van der Waals surface area contributed by atoms with E-state index in [4.69, 9.17) is 28.4 Å². The molecule has 2 heterocycles. The van der Waals surface area contributed by atoms with E-state index in [2.05, 4.69) is 5.16 Å². The first-order chi connectivity index (χ1) is 12.9. The zero-order valence-corrected chi connectivity index (χ0v) is 16.1. The lowest BCUT2D eigenvalue weighted by molar-refractivity contribution is 0.322. The molecular weight excluding hydrogens is 385 g/mol. The van der Waals surface area contributed by atoms with Crippen LogP contribution in [-0.2, 0) is 14.1 Å². The largest absolute Gasteiger partial charge is 0.411 e. The molecule has 0 spiro atoms. The molecule has 0 bridgehead atoms. The molecule has 1 N–H and O–H groups in total. The number of pyridine rings is 1. The summed E-state index contributed by atoms with van der Waals surface area (Å²) in [6.45, 7) is 0. The normalized spacial score (nSPS) is 11.9. The molecule has 2 aromatic carbocycles. The van der Waals surface area contributed by atoms with Crippen LogP contribution in [0.3, 0.4) is 0 Å². The van der Waals surface area contributed by atoms with Crippen LogP contribution in [0.1, 0.15) is 5.56 Å².